The van der Waals surface area contributed by atoms with E-state index in [0.29, 0.717) is 43.6 Å². The topological polar surface area (TPSA) is 106 Å². The van der Waals surface area contributed by atoms with Crippen molar-refractivity contribution in [3.63, 3.8) is 0 Å². The molecule has 0 aliphatic carbocycles. The number of benzene rings is 2. The number of carbonyl (C=O) groups excluding carboxylic acids is 1. The van der Waals surface area contributed by atoms with Crippen molar-refractivity contribution in [2.45, 2.75) is 6.04 Å². The summed E-state index contributed by atoms with van der Waals surface area (Å²) in [4.78, 5) is 26.0. The third kappa shape index (κ3) is 6.17. The lowest BCUT2D eigenvalue weighted by molar-refractivity contribution is -0.384. The van der Waals surface area contributed by atoms with E-state index in [1.54, 1.807) is 13.2 Å². The first-order valence-corrected chi connectivity index (χ1v) is 10.7. The Bertz CT molecular complexity index is 936. The number of amides is 1. The van der Waals surface area contributed by atoms with Crippen molar-refractivity contribution in [2.24, 2.45) is 0 Å². The van der Waals surface area contributed by atoms with E-state index in [-0.39, 0.29) is 23.2 Å². The lowest BCUT2D eigenvalue weighted by Gasteiger charge is -2.35. The van der Waals surface area contributed by atoms with Gasteiger partial charge in [-0.15, -0.1) is 0 Å². The summed E-state index contributed by atoms with van der Waals surface area (Å²) in [6.45, 7) is 3.80. The summed E-state index contributed by atoms with van der Waals surface area (Å²) in [5.41, 5.74) is 1.31. The summed E-state index contributed by atoms with van der Waals surface area (Å²) in [7, 11) is 1.55. The van der Waals surface area contributed by atoms with E-state index in [1.807, 2.05) is 24.3 Å². The Morgan fingerprint density at radius 1 is 1.28 bits per heavy atom. The Morgan fingerprint density at radius 2 is 2.03 bits per heavy atom. The second kappa shape index (κ2) is 11.8. The third-order valence-corrected chi connectivity index (χ3v) is 5.63. The molecule has 1 aliphatic heterocycles. The van der Waals surface area contributed by atoms with E-state index in [9.17, 15) is 14.9 Å². The largest absolute Gasteiger partial charge is 0.383 e. The Labute approximate surface area is 191 Å². The number of nitro benzene ring substituents is 1. The number of anilines is 1. The Kier molecular flexibility index (Phi) is 8.81. The van der Waals surface area contributed by atoms with Gasteiger partial charge < -0.3 is 20.1 Å². The smallest absolute Gasteiger partial charge is 0.293 e. The Balaban J connectivity index is 1.75. The van der Waals surface area contributed by atoms with Crippen molar-refractivity contribution in [1.82, 2.24) is 10.2 Å². The molecular weight excluding hydrogens is 436 g/mol. The van der Waals surface area contributed by atoms with Crippen molar-refractivity contribution in [3.05, 3.63) is 68.7 Å². The van der Waals surface area contributed by atoms with Crippen LogP contribution in [0, 0.1) is 10.1 Å². The minimum Gasteiger partial charge on any atom is -0.383 e. The van der Waals surface area contributed by atoms with E-state index in [2.05, 4.69) is 15.5 Å². The summed E-state index contributed by atoms with van der Waals surface area (Å²) in [6.07, 6.45) is 0. The summed E-state index contributed by atoms with van der Waals surface area (Å²) in [5.74, 6) is -0.387. The van der Waals surface area contributed by atoms with Crippen LogP contribution < -0.4 is 10.6 Å². The molecule has 1 amide bonds. The standard InChI is InChI=1S/C22H27ClN4O5/c1-31-11-8-24-19-7-6-16(14-20(19)27(29)30)22(28)25-15-21(26-9-12-32-13-10-26)17-4-2-3-5-18(17)23/h2-7,14,21,24H,8-13,15H2,1H3,(H,25,28). The van der Waals surface area contributed by atoms with Crippen LogP contribution in [0.3, 0.4) is 0 Å². The van der Waals surface area contributed by atoms with Crippen LogP contribution in [0.4, 0.5) is 11.4 Å². The molecule has 1 unspecified atom stereocenters. The lowest BCUT2D eigenvalue weighted by Crippen LogP contribution is -2.44. The van der Waals surface area contributed by atoms with Gasteiger partial charge in [-0.05, 0) is 23.8 Å². The van der Waals surface area contributed by atoms with Crippen LogP contribution in [0.1, 0.15) is 22.0 Å². The first kappa shape index (κ1) is 23.9. The van der Waals surface area contributed by atoms with E-state index in [0.717, 1.165) is 18.7 Å². The highest BCUT2D eigenvalue weighted by molar-refractivity contribution is 6.31. The fraction of sp³-hybridized carbons (Fsp3) is 0.409. The summed E-state index contributed by atoms with van der Waals surface area (Å²) in [6, 6.07) is 11.8. The highest BCUT2D eigenvalue weighted by Crippen LogP contribution is 2.28. The molecule has 9 nitrogen and oxygen atoms in total. The highest BCUT2D eigenvalue weighted by Gasteiger charge is 2.25. The molecule has 2 N–H and O–H groups in total. The second-order valence-electron chi connectivity index (χ2n) is 7.30. The van der Waals surface area contributed by atoms with Gasteiger partial charge in [0.15, 0.2) is 0 Å². The molecule has 10 heteroatoms. The zero-order valence-corrected chi connectivity index (χ0v) is 18.6. The number of carbonyl (C=O) groups is 1. The van der Waals surface area contributed by atoms with Crippen LogP contribution in [0.2, 0.25) is 5.02 Å². The summed E-state index contributed by atoms with van der Waals surface area (Å²) >= 11 is 6.43. The number of morpholine rings is 1. The second-order valence-corrected chi connectivity index (χ2v) is 7.71. The van der Waals surface area contributed by atoms with Gasteiger partial charge in [-0.2, -0.15) is 0 Å². The molecule has 32 heavy (non-hydrogen) atoms. The van der Waals surface area contributed by atoms with Gasteiger partial charge in [-0.1, -0.05) is 29.8 Å². The van der Waals surface area contributed by atoms with Crippen molar-refractivity contribution in [2.75, 3.05) is 58.4 Å². The molecule has 2 aromatic carbocycles. The number of nitrogens with zero attached hydrogens (tertiary/aromatic N) is 2. The van der Waals surface area contributed by atoms with E-state index in [4.69, 9.17) is 21.1 Å². The van der Waals surface area contributed by atoms with Crippen LogP contribution in [0.5, 0.6) is 0 Å². The molecule has 0 bridgehead atoms. The summed E-state index contributed by atoms with van der Waals surface area (Å²) in [5, 5.41) is 18.0. The fourth-order valence-electron chi connectivity index (χ4n) is 3.62. The quantitative estimate of drug-likeness (QED) is 0.317. The highest BCUT2D eigenvalue weighted by atomic mass is 35.5. The van der Waals surface area contributed by atoms with Crippen LogP contribution in [0.15, 0.2) is 42.5 Å². The van der Waals surface area contributed by atoms with Gasteiger partial charge in [0.2, 0.25) is 0 Å². The molecule has 0 aromatic heterocycles. The molecule has 0 radical (unpaired) electrons. The lowest BCUT2D eigenvalue weighted by atomic mass is 10.0. The number of hydrogen-bond donors (Lipinski definition) is 2. The Hall–Kier alpha value is -2.72. The molecule has 1 fully saturated rings. The first-order chi connectivity index (χ1) is 15.5. The zero-order valence-electron chi connectivity index (χ0n) is 17.9. The van der Waals surface area contributed by atoms with Crippen molar-refractivity contribution >= 4 is 28.9 Å². The van der Waals surface area contributed by atoms with Gasteiger partial charge in [-0.3, -0.25) is 19.8 Å². The fourth-order valence-corrected chi connectivity index (χ4v) is 3.88. The molecule has 172 valence electrons. The number of halogens is 1. The average molecular weight is 463 g/mol. The minimum atomic E-state index is -0.508. The van der Waals surface area contributed by atoms with Crippen LogP contribution in [0.25, 0.3) is 0 Å². The van der Waals surface area contributed by atoms with Gasteiger partial charge in [0.25, 0.3) is 11.6 Å². The van der Waals surface area contributed by atoms with E-state index < -0.39 is 4.92 Å². The number of rotatable bonds is 10. The van der Waals surface area contributed by atoms with Gasteiger partial charge >= 0.3 is 0 Å². The molecule has 1 heterocycles. The summed E-state index contributed by atoms with van der Waals surface area (Å²) < 4.78 is 10.4. The number of nitrogens with one attached hydrogen (secondary N) is 2. The zero-order chi connectivity index (χ0) is 22.9. The molecule has 1 saturated heterocycles. The number of hydrogen-bond acceptors (Lipinski definition) is 7. The normalized spacial score (nSPS) is 15.2. The van der Waals surface area contributed by atoms with Crippen LogP contribution in [-0.2, 0) is 9.47 Å². The molecule has 0 saturated carbocycles. The maximum atomic E-state index is 12.8. The van der Waals surface area contributed by atoms with E-state index >= 15 is 0 Å². The van der Waals surface area contributed by atoms with Crippen molar-refractivity contribution < 1.29 is 19.2 Å². The monoisotopic (exact) mass is 462 g/mol. The number of methoxy groups -OCH3 is 1. The molecule has 2 aromatic rings. The maximum Gasteiger partial charge on any atom is 0.293 e. The van der Waals surface area contributed by atoms with Crippen molar-refractivity contribution in [3.8, 4) is 0 Å². The molecule has 0 spiro atoms. The minimum absolute atomic E-state index is 0.137. The van der Waals surface area contributed by atoms with Gasteiger partial charge in [-0.25, -0.2) is 0 Å². The molecule has 1 aliphatic rings. The average Bonchev–Trinajstić information content (AvgIpc) is 2.81. The predicted molar refractivity (Wildman–Crippen MR) is 122 cm³/mol. The van der Waals surface area contributed by atoms with Gasteiger partial charge in [0.1, 0.15) is 5.69 Å². The van der Waals surface area contributed by atoms with E-state index in [1.165, 1.54) is 12.1 Å². The SMILES string of the molecule is COCCNc1ccc(C(=O)NCC(c2ccccc2Cl)N2CCOCC2)cc1[N+](=O)[O-]. The van der Waals surface area contributed by atoms with Crippen LogP contribution >= 0.6 is 11.6 Å². The van der Waals surface area contributed by atoms with Gasteiger partial charge in [0.05, 0.1) is 30.8 Å². The van der Waals surface area contributed by atoms with Crippen LogP contribution in [-0.4, -0.2) is 68.8 Å². The number of nitro groups is 1. The van der Waals surface area contributed by atoms with Crippen molar-refractivity contribution in [1.29, 1.82) is 0 Å². The third-order valence-electron chi connectivity index (χ3n) is 5.28. The molecule has 3 rings (SSSR count). The predicted octanol–water partition coefficient (Wildman–Crippen LogP) is 3.11. The number of ether oxygens (including phenoxy) is 2. The maximum absolute atomic E-state index is 12.8. The molecular formula is C22H27ClN4O5. The van der Waals surface area contributed by atoms with Gasteiger partial charge in [0, 0.05) is 49.9 Å². The molecule has 1 atom stereocenters. The Morgan fingerprint density at radius 3 is 2.72 bits per heavy atom. The first-order valence-electron chi connectivity index (χ1n) is 10.4.